The number of allylic oxidation sites excluding steroid dienone is 2. The van der Waals surface area contributed by atoms with Crippen LogP contribution in [0.15, 0.2) is 117 Å². The lowest BCUT2D eigenvalue weighted by molar-refractivity contribution is 0.415. The van der Waals surface area contributed by atoms with Crippen molar-refractivity contribution in [1.82, 2.24) is 0 Å². The predicted octanol–water partition coefficient (Wildman–Crippen LogP) is 6.06. The first-order chi connectivity index (χ1) is 26.3. The maximum atomic E-state index is 12.4. The summed E-state index contributed by atoms with van der Waals surface area (Å²) in [5.74, 6) is -1.76. The Morgan fingerprint density at radius 1 is 0.614 bits per heavy atom. The van der Waals surface area contributed by atoms with Gasteiger partial charge in [-0.3, -0.25) is 18.2 Å². The van der Waals surface area contributed by atoms with E-state index < -0.39 is 106 Å². The van der Waals surface area contributed by atoms with Crippen molar-refractivity contribution >= 4 is 92.0 Å². The van der Waals surface area contributed by atoms with E-state index in [0.717, 1.165) is 55.7 Å². The highest BCUT2D eigenvalue weighted by Gasteiger charge is 2.22. The van der Waals surface area contributed by atoms with Gasteiger partial charge < -0.3 is 26.4 Å². The van der Waals surface area contributed by atoms with Gasteiger partial charge in [-0.2, -0.15) is 38.8 Å². The number of anilines is 2. The highest BCUT2D eigenvalue weighted by molar-refractivity contribution is 7.90. The first-order valence-corrected chi connectivity index (χ1v) is 20.7. The molecule has 0 aliphatic heterocycles. The standard InChI is InChI=1S/C30H28N8O15S4/c1-3-4-17(54(41,42)43)8-15-7-16(33-37-25-11-18(55(44,45)46)9-20(31)29(25)39)5-6-22(15)34-35-23-14-28(57(50,51)52)24(13-27(23)53-2)36-38-26-12-19(56(47,48)49)10-21(32)30(26)40/h3-14,39-40H,31-32H2,1-2H3,(H,41,42,43)(H,44,45,46)(H,47,48,49)(H,50,51,52)/b4-3-,17-8+,35-34?,37-33?,38-36?. The van der Waals surface area contributed by atoms with Gasteiger partial charge in [0, 0.05) is 11.6 Å². The third-order valence-corrected chi connectivity index (χ3v) is 10.5. The molecular formula is C30H28N8O15S4. The third kappa shape index (κ3) is 10.8. The fraction of sp³-hybridized carbons (Fsp3) is 0.0667. The van der Waals surface area contributed by atoms with Crippen LogP contribution < -0.4 is 16.2 Å². The summed E-state index contributed by atoms with van der Waals surface area (Å²) < 4.78 is 139. The van der Waals surface area contributed by atoms with Gasteiger partial charge in [-0.05, 0) is 67.6 Å². The summed E-state index contributed by atoms with van der Waals surface area (Å²) in [6.45, 7) is 1.44. The molecule has 0 amide bonds. The largest absolute Gasteiger partial charge is 0.504 e. The van der Waals surface area contributed by atoms with E-state index in [9.17, 15) is 62.1 Å². The first kappa shape index (κ1) is 43.5. The Hall–Kier alpha value is -6.20. The average Bonchev–Trinajstić information content (AvgIpc) is 3.10. The first-order valence-electron chi connectivity index (χ1n) is 14.9. The van der Waals surface area contributed by atoms with E-state index >= 15 is 0 Å². The van der Waals surface area contributed by atoms with Crippen molar-refractivity contribution < 1.29 is 66.8 Å². The summed E-state index contributed by atoms with van der Waals surface area (Å²) in [4.78, 5) is -3.12. The molecule has 0 atom stereocenters. The second kappa shape index (κ2) is 16.5. The van der Waals surface area contributed by atoms with Gasteiger partial charge in [0.05, 0.1) is 44.6 Å². The molecule has 0 spiro atoms. The maximum absolute atomic E-state index is 12.4. The minimum atomic E-state index is -5.16. The third-order valence-electron chi connectivity index (χ3n) is 7.06. The summed E-state index contributed by atoms with van der Waals surface area (Å²) in [5.41, 5.74) is 7.62. The van der Waals surface area contributed by atoms with Gasteiger partial charge in [-0.15, -0.1) is 25.6 Å². The van der Waals surface area contributed by atoms with Gasteiger partial charge in [0.15, 0.2) is 11.5 Å². The average molecular weight is 869 g/mol. The molecule has 0 radical (unpaired) electrons. The zero-order chi connectivity index (χ0) is 42.7. The number of nitrogens with zero attached hydrogens (tertiary/aromatic N) is 6. The molecule has 302 valence electrons. The Bertz CT molecular complexity index is 2890. The topological polar surface area (TPSA) is 393 Å². The molecule has 0 aliphatic carbocycles. The number of methoxy groups -OCH3 is 1. The van der Waals surface area contributed by atoms with Crippen molar-refractivity contribution in [2.75, 3.05) is 18.6 Å². The van der Waals surface area contributed by atoms with Crippen molar-refractivity contribution in [1.29, 1.82) is 0 Å². The number of nitrogen functional groups attached to an aromatic ring is 2. The minimum Gasteiger partial charge on any atom is -0.504 e. The van der Waals surface area contributed by atoms with Crippen molar-refractivity contribution in [2.24, 2.45) is 30.7 Å². The van der Waals surface area contributed by atoms with E-state index in [1.165, 1.54) is 25.1 Å². The predicted molar refractivity (Wildman–Crippen MR) is 201 cm³/mol. The van der Waals surface area contributed by atoms with Crippen LogP contribution in [0.5, 0.6) is 17.2 Å². The summed E-state index contributed by atoms with van der Waals surface area (Å²) in [6, 6.07) is 8.14. The molecule has 23 nitrogen and oxygen atoms in total. The molecule has 57 heavy (non-hydrogen) atoms. The lowest BCUT2D eigenvalue weighted by atomic mass is 10.1. The quantitative estimate of drug-likeness (QED) is 0.0249. The number of phenols is 2. The van der Waals surface area contributed by atoms with Crippen LogP contribution in [0.4, 0.5) is 45.5 Å². The van der Waals surface area contributed by atoms with Gasteiger partial charge in [0.1, 0.15) is 33.4 Å². The maximum Gasteiger partial charge on any atom is 0.296 e. The summed E-state index contributed by atoms with van der Waals surface area (Å²) in [5, 5.41) is 43.4. The number of hydrogen-bond donors (Lipinski definition) is 8. The second-order valence-corrected chi connectivity index (χ2v) is 16.7. The van der Waals surface area contributed by atoms with E-state index in [0.29, 0.717) is 6.07 Å². The number of benzene rings is 4. The lowest BCUT2D eigenvalue weighted by Gasteiger charge is -2.09. The van der Waals surface area contributed by atoms with Gasteiger partial charge in [0.25, 0.3) is 40.5 Å². The minimum absolute atomic E-state index is 0.0959. The molecule has 0 heterocycles. The van der Waals surface area contributed by atoms with Crippen LogP contribution in [-0.2, 0) is 40.5 Å². The fourth-order valence-corrected chi connectivity index (χ4v) is 6.69. The van der Waals surface area contributed by atoms with Crippen LogP contribution in [0.25, 0.3) is 6.08 Å². The van der Waals surface area contributed by atoms with E-state index in [1.807, 2.05) is 0 Å². The van der Waals surface area contributed by atoms with E-state index in [1.54, 1.807) is 0 Å². The molecule has 0 saturated carbocycles. The Balaban J connectivity index is 1.87. The van der Waals surface area contributed by atoms with Crippen LogP contribution in [0.2, 0.25) is 0 Å². The molecule has 4 aromatic carbocycles. The Morgan fingerprint density at radius 3 is 1.58 bits per heavy atom. The molecule has 4 rings (SSSR count). The normalized spacial score (nSPS) is 13.4. The summed E-state index contributed by atoms with van der Waals surface area (Å²) in [7, 11) is -18.5. The molecule has 0 fully saturated rings. The highest BCUT2D eigenvalue weighted by Crippen LogP contribution is 2.42. The summed E-state index contributed by atoms with van der Waals surface area (Å²) >= 11 is 0. The molecule has 4 aromatic rings. The van der Waals surface area contributed by atoms with Crippen molar-refractivity contribution in [3.05, 3.63) is 77.2 Å². The SMILES string of the molecule is C/C=C\C(=C/c1cc(N=Nc2cc(S(=O)(=O)O)cc(N)c2O)ccc1N=Nc1cc(S(=O)(=O)O)c(N=Nc2cc(S(=O)(=O)O)cc(N)c2O)cc1OC)S(=O)(=O)O. The van der Waals surface area contributed by atoms with E-state index in [4.69, 9.17) is 16.2 Å². The lowest BCUT2D eigenvalue weighted by Crippen LogP contribution is -2.00. The van der Waals surface area contributed by atoms with Gasteiger partial charge in [-0.25, -0.2) is 0 Å². The molecule has 0 unspecified atom stereocenters. The van der Waals surface area contributed by atoms with Crippen LogP contribution in [0.1, 0.15) is 12.5 Å². The van der Waals surface area contributed by atoms with Crippen LogP contribution in [0.3, 0.4) is 0 Å². The molecule has 0 aliphatic rings. The van der Waals surface area contributed by atoms with Gasteiger partial charge in [-0.1, -0.05) is 6.08 Å². The van der Waals surface area contributed by atoms with Crippen molar-refractivity contribution in [3.8, 4) is 17.2 Å². The second-order valence-electron chi connectivity index (χ2n) is 11.0. The molecule has 0 aromatic heterocycles. The van der Waals surface area contributed by atoms with E-state index in [-0.39, 0.29) is 22.7 Å². The number of hydrogen-bond acceptors (Lipinski definition) is 19. The Morgan fingerprint density at radius 2 is 1.11 bits per heavy atom. The van der Waals surface area contributed by atoms with Crippen LogP contribution in [0, 0.1) is 0 Å². The highest BCUT2D eigenvalue weighted by atomic mass is 32.2. The number of nitrogens with two attached hydrogens (primary N) is 2. The van der Waals surface area contributed by atoms with Crippen molar-refractivity contribution in [3.63, 3.8) is 0 Å². The van der Waals surface area contributed by atoms with Crippen LogP contribution >= 0.6 is 0 Å². The smallest absolute Gasteiger partial charge is 0.296 e. The Kier molecular flexibility index (Phi) is 12.6. The molecular weight excluding hydrogens is 841 g/mol. The number of rotatable bonds is 13. The number of aromatic hydroxyl groups is 2. The van der Waals surface area contributed by atoms with Crippen molar-refractivity contribution in [2.45, 2.75) is 21.6 Å². The number of phenolic OH excluding ortho intramolecular Hbond substituents is 2. The zero-order valence-electron chi connectivity index (χ0n) is 28.8. The fourth-order valence-electron chi connectivity index (χ4n) is 4.41. The van der Waals surface area contributed by atoms with Gasteiger partial charge in [0.2, 0.25) is 0 Å². The van der Waals surface area contributed by atoms with Crippen LogP contribution in [-0.4, -0.2) is 69.2 Å². The monoisotopic (exact) mass is 868 g/mol. The number of azo groups is 3. The number of ether oxygens (including phenoxy) is 1. The molecule has 10 N–H and O–H groups in total. The molecule has 0 saturated heterocycles. The molecule has 0 bridgehead atoms. The molecule has 27 heteroatoms. The zero-order valence-corrected chi connectivity index (χ0v) is 32.0. The Labute approximate surface area is 323 Å². The van der Waals surface area contributed by atoms with Gasteiger partial charge >= 0.3 is 0 Å². The summed E-state index contributed by atoms with van der Waals surface area (Å²) in [6.07, 6.45) is 3.23. The van der Waals surface area contributed by atoms with E-state index in [2.05, 4.69) is 30.7 Å².